The molecule has 0 saturated heterocycles. The number of Topliss-reactive ketones (excluding diaryl/α,β-unsaturated/α-hetero) is 1. The molecule has 0 saturated carbocycles. The van der Waals surface area contributed by atoms with Gasteiger partial charge in [-0.25, -0.2) is 0 Å². The first-order valence-corrected chi connectivity index (χ1v) is 8.07. The highest BCUT2D eigenvalue weighted by Crippen LogP contribution is 2.27. The first kappa shape index (κ1) is 17.1. The second kappa shape index (κ2) is 7.46. The summed E-state index contributed by atoms with van der Waals surface area (Å²) < 4.78 is 0. The van der Waals surface area contributed by atoms with Crippen LogP contribution in [0.5, 0.6) is 0 Å². The number of halogens is 2. The lowest BCUT2D eigenvalue weighted by atomic mass is 10.1. The lowest BCUT2D eigenvalue weighted by Crippen LogP contribution is -2.03. The molecule has 0 fully saturated rings. The maximum absolute atomic E-state index is 11.3. The van der Waals surface area contributed by atoms with E-state index < -0.39 is 0 Å². The maximum atomic E-state index is 11.3. The minimum absolute atomic E-state index is 0.00973. The number of carbonyl (C=O) groups is 1. The number of carbonyl (C=O) groups excluding carboxylic acids is 1. The largest absolute Gasteiger partial charge is 0.338 e. The number of anilines is 4. The number of aromatic nitrogens is 3. The number of nitrogens with zero attached hydrogens (tertiary/aromatic N) is 3. The molecule has 0 spiro atoms. The topological polar surface area (TPSA) is 79.8 Å². The van der Waals surface area contributed by atoms with Gasteiger partial charge >= 0.3 is 0 Å². The van der Waals surface area contributed by atoms with Gasteiger partial charge in [-0.2, -0.15) is 10.1 Å². The van der Waals surface area contributed by atoms with E-state index in [4.69, 9.17) is 23.2 Å². The van der Waals surface area contributed by atoms with Crippen LogP contribution in [0.25, 0.3) is 0 Å². The molecule has 1 aromatic heterocycles. The smallest absolute Gasteiger partial charge is 0.249 e. The predicted octanol–water partition coefficient (Wildman–Crippen LogP) is 4.87. The zero-order chi connectivity index (χ0) is 17.8. The van der Waals surface area contributed by atoms with Crippen molar-refractivity contribution in [3.8, 4) is 0 Å². The van der Waals surface area contributed by atoms with Crippen LogP contribution in [0, 0.1) is 0 Å². The molecule has 25 heavy (non-hydrogen) atoms. The molecule has 3 aromatic rings. The van der Waals surface area contributed by atoms with Crippen molar-refractivity contribution in [2.75, 3.05) is 10.6 Å². The van der Waals surface area contributed by atoms with Gasteiger partial charge in [0.25, 0.3) is 0 Å². The van der Waals surface area contributed by atoms with Gasteiger partial charge < -0.3 is 10.6 Å². The monoisotopic (exact) mass is 373 g/mol. The zero-order valence-corrected chi connectivity index (χ0v) is 14.6. The third-order valence-corrected chi connectivity index (χ3v) is 3.85. The van der Waals surface area contributed by atoms with Gasteiger partial charge in [-0.1, -0.05) is 23.2 Å². The Bertz CT molecular complexity index is 915. The van der Waals surface area contributed by atoms with Crippen LogP contribution in [-0.2, 0) is 0 Å². The van der Waals surface area contributed by atoms with E-state index in [1.54, 1.807) is 42.5 Å². The summed E-state index contributed by atoms with van der Waals surface area (Å²) in [5.74, 6) is 0.795. The van der Waals surface area contributed by atoms with E-state index in [1.807, 2.05) is 0 Å². The molecular formula is C17H13Cl2N5O. The van der Waals surface area contributed by atoms with Crippen molar-refractivity contribution in [3.63, 3.8) is 0 Å². The van der Waals surface area contributed by atoms with E-state index in [0.29, 0.717) is 33.1 Å². The van der Waals surface area contributed by atoms with Crippen molar-refractivity contribution >= 4 is 52.1 Å². The number of nitrogens with one attached hydrogen (secondary N) is 2. The fraction of sp³-hybridized carbons (Fsp3) is 0.0588. The van der Waals surface area contributed by atoms with E-state index in [0.717, 1.165) is 5.69 Å². The van der Waals surface area contributed by atoms with E-state index >= 15 is 0 Å². The average molecular weight is 374 g/mol. The summed E-state index contributed by atoms with van der Waals surface area (Å²) in [5.41, 5.74) is 2.04. The van der Waals surface area contributed by atoms with Crippen LogP contribution in [0.15, 0.2) is 48.7 Å². The molecule has 0 aliphatic rings. The van der Waals surface area contributed by atoms with Gasteiger partial charge in [0, 0.05) is 16.3 Å². The van der Waals surface area contributed by atoms with E-state index in [2.05, 4.69) is 25.8 Å². The minimum atomic E-state index is 0.00973. The van der Waals surface area contributed by atoms with Crippen molar-refractivity contribution in [2.24, 2.45) is 0 Å². The molecule has 126 valence electrons. The van der Waals surface area contributed by atoms with Crippen LogP contribution in [0.3, 0.4) is 0 Å². The highest BCUT2D eigenvalue weighted by Gasteiger charge is 2.06. The Labute approximate surface area is 154 Å². The SMILES string of the molecule is CC(=O)c1ccc(Nc2nncc(Nc3ccc(Cl)cc3Cl)n2)cc1. The van der Waals surface area contributed by atoms with Gasteiger partial charge in [0.2, 0.25) is 5.95 Å². The van der Waals surface area contributed by atoms with E-state index in [9.17, 15) is 4.79 Å². The molecule has 0 aliphatic heterocycles. The average Bonchev–Trinajstić information content (AvgIpc) is 2.58. The van der Waals surface area contributed by atoms with Gasteiger partial charge in [-0.3, -0.25) is 4.79 Å². The first-order valence-electron chi connectivity index (χ1n) is 7.31. The Balaban J connectivity index is 1.76. The van der Waals surface area contributed by atoms with Gasteiger partial charge in [-0.05, 0) is 49.4 Å². The predicted molar refractivity (Wildman–Crippen MR) is 99.3 cm³/mol. The number of hydrogen-bond acceptors (Lipinski definition) is 6. The molecule has 8 heteroatoms. The van der Waals surface area contributed by atoms with Crippen LogP contribution >= 0.6 is 23.2 Å². The Morgan fingerprint density at radius 1 is 1.04 bits per heavy atom. The Morgan fingerprint density at radius 3 is 2.48 bits per heavy atom. The van der Waals surface area contributed by atoms with Crippen molar-refractivity contribution in [3.05, 3.63) is 64.3 Å². The highest BCUT2D eigenvalue weighted by molar-refractivity contribution is 6.36. The van der Waals surface area contributed by atoms with Crippen LogP contribution in [0.2, 0.25) is 10.0 Å². The van der Waals surface area contributed by atoms with Crippen molar-refractivity contribution < 1.29 is 4.79 Å². The Hall–Kier alpha value is -2.70. The van der Waals surface area contributed by atoms with Crippen molar-refractivity contribution in [1.82, 2.24) is 15.2 Å². The van der Waals surface area contributed by atoms with Crippen LogP contribution in [-0.4, -0.2) is 21.0 Å². The number of hydrogen-bond donors (Lipinski definition) is 2. The normalized spacial score (nSPS) is 10.4. The van der Waals surface area contributed by atoms with Gasteiger partial charge in [0.15, 0.2) is 11.6 Å². The molecule has 3 rings (SSSR count). The van der Waals surface area contributed by atoms with Crippen LogP contribution < -0.4 is 10.6 Å². The summed E-state index contributed by atoms with van der Waals surface area (Å²) >= 11 is 12.0. The second-order valence-corrected chi connectivity index (χ2v) is 6.02. The molecule has 2 aromatic carbocycles. The summed E-state index contributed by atoms with van der Waals surface area (Å²) in [6.07, 6.45) is 1.48. The second-order valence-electron chi connectivity index (χ2n) is 5.17. The molecule has 0 bridgehead atoms. The van der Waals surface area contributed by atoms with Crippen LogP contribution in [0.4, 0.5) is 23.1 Å². The number of rotatable bonds is 5. The van der Waals surface area contributed by atoms with Gasteiger partial charge in [0.05, 0.1) is 16.9 Å². The zero-order valence-electron chi connectivity index (χ0n) is 13.1. The molecule has 2 N–H and O–H groups in total. The van der Waals surface area contributed by atoms with E-state index in [1.165, 1.54) is 13.1 Å². The van der Waals surface area contributed by atoms with Crippen LogP contribution in [0.1, 0.15) is 17.3 Å². The minimum Gasteiger partial charge on any atom is -0.338 e. The molecule has 0 amide bonds. The molecule has 0 unspecified atom stereocenters. The summed E-state index contributed by atoms with van der Waals surface area (Å²) in [6, 6.07) is 12.1. The quantitative estimate of drug-likeness (QED) is 0.621. The fourth-order valence-corrected chi connectivity index (χ4v) is 2.52. The molecular weight excluding hydrogens is 361 g/mol. The summed E-state index contributed by atoms with van der Waals surface area (Å²) in [4.78, 5) is 15.6. The molecule has 0 atom stereocenters. The number of benzene rings is 2. The van der Waals surface area contributed by atoms with E-state index in [-0.39, 0.29) is 5.78 Å². The highest BCUT2D eigenvalue weighted by atomic mass is 35.5. The van der Waals surface area contributed by atoms with Gasteiger partial charge in [0.1, 0.15) is 0 Å². The Kier molecular flexibility index (Phi) is 5.11. The number of ketones is 1. The lowest BCUT2D eigenvalue weighted by molar-refractivity contribution is 0.101. The van der Waals surface area contributed by atoms with Gasteiger partial charge in [-0.15, -0.1) is 5.10 Å². The Morgan fingerprint density at radius 2 is 1.80 bits per heavy atom. The summed E-state index contributed by atoms with van der Waals surface area (Å²) in [5, 5.41) is 15.0. The lowest BCUT2D eigenvalue weighted by Gasteiger charge is -2.09. The third kappa shape index (κ3) is 4.43. The first-order chi connectivity index (χ1) is 12.0. The summed E-state index contributed by atoms with van der Waals surface area (Å²) in [6.45, 7) is 1.52. The third-order valence-electron chi connectivity index (χ3n) is 3.30. The molecule has 1 heterocycles. The van der Waals surface area contributed by atoms with Crippen molar-refractivity contribution in [2.45, 2.75) is 6.92 Å². The molecule has 6 nitrogen and oxygen atoms in total. The fourth-order valence-electron chi connectivity index (χ4n) is 2.06. The standard InChI is InChI=1S/C17H13Cl2N5O/c1-10(25)11-2-5-13(6-3-11)21-17-23-16(9-20-24-17)22-15-7-4-12(18)8-14(15)19/h2-9H,1H3,(H2,21,22,23,24). The van der Waals surface area contributed by atoms with Crippen molar-refractivity contribution in [1.29, 1.82) is 0 Å². The molecule has 0 radical (unpaired) electrons. The molecule has 0 aliphatic carbocycles. The maximum Gasteiger partial charge on any atom is 0.249 e. The summed E-state index contributed by atoms with van der Waals surface area (Å²) in [7, 11) is 0.